The van der Waals surface area contributed by atoms with Crippen LogP contribution in [0.1, 0.15) is 36.2 Å². The first-order valence-electron chi connectivity index (χ1n) is 10.7. The molecule has 2 saturated heterocycles. The van der Waals surface area contributed by atoms with Crippen LogP contribution in [0, 0.1) is 5.92 Å². The van der Waals surface area contributed by atoms with Gasteiger partial charge in [-0.2, -0.15) is 0 Å². The molecule has 7 nitrogen and oxygen atoms in total. The van der Waals surface area contributed by atoms with Crippen molar-refractivity contribution in [2.45, 2.75) is 25.7 Å². The fourth-order valence-corrected chi connectivity index (χ4v) is 5.32. The molecule has 3 heterocycles. The molecule has 0 aliphatic carbocycles. The van der Waals surface area contributed by atoms with E-state index < -0.39 is 9.84 Å². The summed E-state index contributed by atoms with van der Waals surface area (Å²) in [6.45, 7) is 3.42. The van der Waals surface area contributed by atoms with Gasteiger partial charge in [0.1, 0.15) is 11.4 Å². The highest BCUT2D eigenvalue weighted by Gasteiger charge is 2.26. The molecule has 0 saturated carbocycles. The predicted octanol–water partition coefficient (Wildman–Crippen LogP) is 2.26. The van der Waals surface area contributed by atoms with Crippen molar-refractivity contribution in [2.75, 3.05) is 44.3 Å². The lowest BCUT2D eigenvalue weighted by molar-refractivity contribution is 0.0765. The third-order valence-corrected chi connectivity index (χ3v) is 7.54. The molecule has 4 rings (SSSR count). The highest BCUT2D eigenvalue weighted by atomic mass is 32.2. The van der Waals surface area contributed by atoms with Gasteiger partial charge in [-0.25, -0.2) is 13.4 Å². The minimum atomic E-state index is -3.02. The smallest absolute Gasteiger partial charge is 0.272 e. The highest BCUT2D eigenvalue weighted by molar-refractivity contribution is 7.91. The quantitative estimate of drug-likeness (QED) is 0.706. The average Bonchev–Trinajstić information content (AvgIpc) is 2.76. The van der Waals surface area contributed by atoms with E-state index in [2.05, 4.69) is 10.3 Å². The number of hydrogen-bond donors (Lipinski definition) is 1. The SMILES string of the molecule is O=C(c1ccc2cc(OCCCC3CCCNC3)ccc2n1)N1CCS(=O)(=O)CC1. The van der Waals surface area contributed by atoms with E-state index in [0.29, 0.717) is 12.3 Å². The van der Waals surface area contributed by atoms with Crippen molar-refractivity contribution in [3.63, 3.8) is 0 Å². The van der Waals surface area contributed by atoms with Crippen LogP contribution >= 0.6 is 0 Å². The lowest BCUT2D eigenvalue weighted by Crippen LogP contribution is -2.44. The van der Waals surface area contributed by atoms with Gasteiger partial charge in [-0.1, -0.05) is 6.07 Å². The Balaban J connectivity index is 1.33. The van der Waals surface area contributed by atoms with Crippen LogP contribution in [0.25, 0.3) is 10.9 Å². The van der Waals surface area contributed by atoms with Gasteiger partial charge in [0.25, 0.3) is 5.91 Å². The molecular formula is C22H29N3O4S. The van der Waals surface area contributed by atoms with Crippen molar-refractivity contribution < 1.29 is 17.9 Å². The molecule has 1 aromatic heterocycles. The molecule has 0 bridgehead atoms. The number of nitrogens with one attached hydrogen (secondary N) is 1. The number of piperidine rings is 1. The summed E-state index contributed by atoms with van der Waals surface area (Å²) >= 11 is 0. The number of nitrogens with zero attached hydrogens (tertiary/aromatic N) is 2. The van der Waals surface area contributed by atoms with Gasteiger partial charge in [0, 0.05) is 18.5 Å². The highest BCUT2D eigenvalue weighted by Crippen LogP contribution is 2.22. The Morgan fingerprint density at radius 2 is 2.03 bits per heavy atom. The number of amides is 1. The standard InChI is InChI=1S/C22H29N3O4S/c26-22(25-10-13-30(27,28)14-11-25)21-7-5-18-15-19(6-8-20(18)24-21)29-12-2-4-17-3-1-9-23-16-17/h5-8,15,17,23H,1-4,9-14,16H2. The molecule has 2 aromatic rings. The normalized spacial score (nSPS) is 21.5. The minimum Gasteiger partial charge on any atom is -0.494 e. The summed E-state index contributed by atoms with van der Waals surface area (Å²) in [5, 5.41) is 4.37. The van der Waals surface area contributed by atoms with Crippen molar-refractivity contribution in [2.24, 2.45) is 5.92 Å². The van der Waals surface area contributed by atoms with E-state index in [9.17, 15) is 13.2 Å². The van der Waals surface area contributed by atoms with Gasteiger partial charge in [0.15, 0.2) is 9.84 Å². The summed E-state index contributed by atoms with van der Waals surface area (Å²) in [7, 11) is -3.02. The number of fused-ring (bicyclic) bond motifs is 1. The molecule has 1 unspecified atom stereocenters. The maximum absolute atomic E-state index is 12.7. The molecule has 1 N–H and O–H groups in total. The van der Waals surface area contributed by atoms with Gasteiger partial charge in [-0.15, -0.1) is 0 Å². The van der Waals surface area contributed by atoms with E-state index in [0.717, 1.165) is 42.1 Å². The molecule has 162 valence electrons. The first-order chi connectivity index (χ1) is 14.5. The van der Waals surface area contributed by atoms with Crippen LogP contribution in [0.3, 0.4) is 0 Å². The maximum atomic E-state index is 12.7. The lowest BCUT2D eigenvalue weighted by atomic mass is 9.95. The summed E-state index contributed by atoms with van der Waals surface area (Å²) < 4.78 is 29.1. The fourth-order valence-electron chi connectivity index (χ4n) is 4.12. The van der Waals surface area contributed by atoms with Crippen molar-refractivity contribution >= 4 is 26.6 Å². The zero-order valence-corrected chi connectivity index (χ0v) is 18.0. The van der Waals surface area contributed by atoms with Gasteiger partial charge in [0.05, 0.1) is 23.6 Å². The van der Waals surface area contributed by atoms with E-state index in [1.807, 2.05) is 24.3 Å². The number of rotatable bonds is 6. The van der Waals surface area contributed by atoms with Gasteiger partial charge >= 0.3 is 0 Å². The number of carbonyl (C=O) groups is 1. The summed E-state index contributed by atoms with van der Waals surface area (Å²) in [5.74, 6) is 1.39. The second-order valence-electron chi connectivity index (χ2n) is 8.20. The second kappa shape index (κ2) is 9.31. The minimum absolute atomic E-state index is 0.0181. The molecule has 30 heavy (non-hydrogen) atoms. The first kappa shape index (κ1) is 21.1. The molecule has 1 aromatic carbocycles. The van der Waals surface area contributed by atoms with Crippen LogP contribution in [-0.4, -0.2) is 68.5 Å². The third kappa shape index (κ3) is 5.29. The van der Waals surface area contributed by atoms with E-state index in [4.69, 9.17) is 4.74 Å². The largest absolute Gasteiger partial charge is 0.494 e. The van der Waals surface area contributed by atoms with Crippen LogP contribution in [-0.2, 0) is 9.84 Å². The number of aromatic nitrogens is 1. The Kier molecular flexibility index (Phi) is 6.53. The molecular weight excluding hydrogens is 402 g/mol. The van der Waals surface area contributed by atoms with Crippen LogP contribution in [0.2, 0.25) is 0 Å². The summed E-state index contributed by atoms with van der Waals surface area (Å²) in [6.07, 6.45) is 4.81. The molecule has 2 fully saturated rings. The Bertz CT molecular complexity index is 989. The molecule has 0 radical (unpaired) electrons. The van der Waals surface area contributed by atoms with E-state index in [1.54, 1.807) is 11.0 Å². The number of benzene rings is 1. The van der Waals surface area contributed by atoms with Crippen molar-refractivity contribution in [1.29, 1.82) is 0 Å². The number of hydrogen-bond acceptors (Lipinski definition) is 6. The number of sulfone groups is 1. The maximum Gasteiger partial charge on any atom is 0.272 e. The molecule has 2 aliphatic heterocycles. The summed E-state index contributed by atoms with van der Waals surface area (Å²) in [5.41, 5.74) is 1.07. The molecule has 0 spiro atoms. The second-order valence-corrected chi connectivity index (χ2v) is 10.5. The molecule has 8 heteroatoms. The van der Waals surface area contributed by atoms with E-state index in [1.165, 1.54) is 19.3 Å². The van der Waals surface area contributed by atoms with E-state index in [-0.39, 0.29) is 30.5 Å². The topological polar surface area (TPSA) is 88.6 Å². The Morgan fingerprint density at radius 1 is 1.20 bits per heavy atom. The zero-order chi connectivity index (χ0) is 21.0. The summed E-state index contributed by atoms with van der Waals surface area (Å²) in [4.78, 5) is 18.7. The van der Waals surface area contributed by atoms with Crippen LogP contribution in [0.5, 0.6) is 5.75 Å². The fraction of sp³-hybridized carbons (Fsp3) is 0.545. The van der Waals surface area contributed by atoms with Crippen LogP contribution < -0.4 is 10.1 Å². The predicted molar refractivity (Wildman–Crippen MR) is 117 cm³/mol. The van der Waals surface area contributed by atoms with Crippen molar-refractivity contribution in [3.05, 3.63) is 36.0 Å². The zero-order valence-electron chi connectivity index (χ0n) is 17.2. The Labute approximate surface area is 177 Å². The van der Waals surface area contributed by atoms with Gasteiger partial charge in [-0.05, 0) is 69.0 Å². The number of ether oxygens (including phenoxy) is 1. The van der Waals surface area contributed by atoms with E-state index >= 15 is 0 Å². The monoisotopic (exact) mass is 431 g/mol. The van der Waals surface area contributed by atoms with Gasteiger partial charge < -0.3 is 15.0 Å². The van der Waals surface area contributed by atoms with Crippen LogP contribution in [0.15, 0.2) is 30.3 Å². The van der Waals surface area contributed by atoms with Gasteiger partial charge in [0.2, 0.25) is 0 Å². The molecule has 1 amide bonds. The van der Waals surface area contributed by atoms with Crippen LogP contribution in [0.4, 0.5) is 0 Å². The Hall–Kier alpha value is -2.19. The lowest BCUT2D eigenvalue weighted by Gasteiger charge is -2.26. The molecule has 1 atom stereocenters. The van der Waals surface area contributed by atoms with Crippen molar-refractivity contribution in [3.8, 4) is 5.75 Å². The number of carbonyl (C=O) groups excluding carboxylic acids is 1. The summed E-state index contributed by atoms with van der Waals surface area (Å²) in [6, 6.07) is 9.28. The average molecular weight is 432 g/mol. The number of pyridine rings is 1. The first-order valence-corrected chi connectivity index (χ1v) is 12.6. The Morgan fingerprint density at radius 3 is 2.80 bits per heavy atom. The molecule has 2 aliphatic rings. The van der Waals surface area contributed by atoms with Gasteiger partial charge in [-0.3, -0.25) is 4.79 Å². The third-order valence-electron chi connectivity index (χ3n) is 5.94. The van der Waals surface area contributed by atoms with Crippen molar-refractivity contribution in [1.82, 2.24) is 15.2 Å².